The number of imidazole rings is 1. The number of hydrogen-bond acceptors (Lipinski definition) is 3. The molecule has 3 rings (SSSR count). The van der Waals surface area contributed by atoms with Gasteiger partial charge in [-0.1, -0.05) is 20.8 Å². The van der Waals surface area contributed by atoms with Gasteiger partial charge in [0.1, 0.15) is 12.1 Å². The summed E-state index contributed by atoms with van der Waals surface area (Å²) in [7, 11) is 0. The van der Waals surface area contributed by atoms with Crippen LogP contribution in [0.1, 0.15) is 49.1 Å². The highest BCUT2D eigenvalue weighted by molar-refractivity contribution is 5.93. The number of furan rings is 1. The minimum absolute atomic E-state index is 0.0554. The Kier molecular flexibility index (Phi) is 3.35. The molecule has 1 atom stereocenters. The van der Waals surface area contributed by atoms with Crippen molar-refractivity contribution in [1.29, 1.82) is 0 Å². The lowest BCUT2D eigenvalue weighted by Gasteiger charge is -2.24. The minimum Gasteiger partial charge on any atom is -0.472 e. The van der Waals surface area contributed by atoms with Crippen LogP contribution in [0.5, 0.6) is 0 Å². The molecule has 112 valence electrons. The fourth-order valence-corrected chi connectivity index (χ4v) is 2.59. The molecule has 5 heteroatoms. The van der Waals surface area contributed by atoms with Crippen molar-refractivity contribution in [2.24, 2.45) is 0 Å². The third kappa shape index (κ3) is 2.86. The zero-order valence-corrected chi connectivity index (χ0v) is 12.7. The van der Waals surface area contributed by atoms with E-state index in [9.17, 15) is 4.79 Å². The van der Waals surface area contributed by atoms with E-state index in [0.717, 1.165) is 30.9 Å². The number of amides is 1. The van der Waals surface area contributed by atoms with Crippen molar-refractivity contribution in [1.82, 2.24) is 14.9 Å². The average Bonchev–Trinajstić information content (AvgIpc) is 3.06. The van der Waals surface area contributed by atoms with Gasteiger partial charge in [0.25, 0.3) is 5.91 Å². The van der Waals surface area contributed by atoms with Gasteiger partial charge in [-0.15, -0.1) is 0 Å². The molecule has 0 spiro atoms. The number of hydrogen-bond donors (Lipinski definition) is 1. The van der Waals surface area contributed by atoms with E-state index in [0.29, 0.717) is 5.56 Å². The quantitative estimate of drug-likeness (QED) is 0.923. The van der Waals surface area contributed by atoms with Crippen LogP contribution in [0.15, 0.2) is 29.2 Å². The summed E-state index contributed by atoms with van der Waals surface area (Å²) in [5.74, 6) is 1.04. The van der Waals surface area contributed by atoms with Gasteiger partial charge in [-0.05, 0) is 12.5 Å². The lowest BCUT2D eigenvalue weighted by Crippen LogP contribution is -2.40. The van der Waals surface area contributed by atoms with Gasteiger partial charge in [0.15, 0.2) is 0 Å². The zero-order chi connectivity index (χ0) is 15.0. The largest absolute Gasteiger partial charge is 0.472 e. The van der Waals surface area contributed by atoms with Crippen LogP contribution in [0.3, 0.4) is 0 Å². The SMILES string of the molecule is CC(C)(C)c1cn2c(n1)CCC(NC(=O)c1ccoc1)C2. The lowest BCUT2D eigenvalue weighted by molar-refractivity contribution is 0.0927. The van der Waals surface area contributed by atoms with E-state index in [1.165, 1.54) is 12.5 Å². The molecule has 0 fully saturated rings. The first-order valence-electron chi connectivity index (χ1n) is 7.33. The molecule has 0 aliphatic carbocycles. The van der Waals surface area contributed by atoms with Gasteiger partial charge < -0.3 is 14.3 Å². The minimum atomic E-state index is -0.0756. The summed E-state index contributed by atoms with van der Waals surface area (Å²) in [6.45, 7) is 7.28. The third-order valence-electron chi connectivity index (χ3n) is 3.88. The molecule has 5 nitrogen and oxygen atoms in total. The molecular weight excluding hydrogens is 266 g/mol. The fraction of sp³-hybridized carbons (Fsp3) is 0.500. The molecule has 0 saturated heterocycles. The molecule has 2 aromatic rings. The Morgan fingerprint density at radius 1 is 1.48 bits per heavy atom. The molecule has 1 aliphatic rings. The first kappa shape index (κ1) is 13.9. The van der Waals surface area contributed by atoms with Crippen molar-refractivity contribution in [2.75, 3.05) is 0 Å². The van der Waals surface area contributed by atoms with Crippen molar-refractivity contribution in [3.8, 4) is 0 Å². The second-order valence-electron chi connectivity index (χ2n) is 6.67. The Morgan fingerprint density at radius 2 is 2.29 bits per heavy atom. The number of carbonyl (C=O) groups is 1. The maximum absolute atomic E-state index is 12.1. The number of nitrogens with one attached hydrogen (secondary N) is 1. The molecular formula is C16H21N3O2. The van der Waals surface area contributed by atoms with Crippen LogP contribution < -0.4 is 5.32 Å². The summed E-state index contributed by atoms with van der Waals surface area (Å²) in [5.41, 5.74) is 1.74. The second-order valence-corrected chi connectivity index (χ2v) is 6.67. The van der Waals surface area contributed by atoms with E-state index in [1.54, 1.807) is 6.07 Å². The van der Waals surface area contributed by atoms with Crippen LogP contribution in [0, 0.1) is 0 Å². The van der Waals surface area contributed by atoms with Crippen molar-refractivity contribution in [3.05, 3.63) is 41.9 Å². The van der Waals surface area contributed by atoms with Crippen molar-refractivity contribution < 1.29 is 9.21 Å². The first-order chi connectivity index (χ1) is 9.93. The molecule has 0 saturated carbocycles. The predicted molar refractivity (Wildman–Crippen MR) is 79.2 cm³/mol. The summed E-state index contributed by atoms with van der Waals surface area (Å²) < 4.78 is 7.12. The molecule has 1 amide bonds. The number of aromatic nitrogens is 2. The lowest BCUT2D eigenvalue weighted by atomic mass is 9.93. The third-order valence-corrected chi connectivity index (χ3v) is 3.88. The standard InChI is InChI=1S/C16H21N3O2/c1-16(2,3)13-9-19-8-12(4-5-14(19)18-13)17-15(20)11-6-7-21-10-11/h6-7,9-10,12H,4-5,8H2,1-3H3,(H,17,20). The maximum atomic E-state index is 12.1. The van der Waals surface area contributed by atoms with E-state index in [1.807, 2.05) is 0 Å². The van der Waals surface area contributed by atoms with Crippen molar-refractivity contribution in [2.45, 2.75) is 51.6 Å². The molecule has 3 heterocycles. The number of carbonyl (C=O) groups excluding carboxylic acids is 1. The summed E-state index contributed by atoms with van der Waals surface area (Å²) in [4.78, 5) is 16.8. The maximum Gasteiger partial charge on any atom is 0.254 e. The van der Waals surface area contributed by atoms with Gasteiger partial charge in [-0.25, -0.2) is 4.98 Å². The van der Waals surface area contributed by atoms with Gasteiger partial charge in [0.05, 0.1) is 17.5 Å². The highest BCUT2D eigenvalue weighted by Gasteiger charge is 2.25. The average molecular weight is 287 g/mol. The smallest absolute Gasteiger partial charge is 0.254 e. The van der Waals surface area contributed by atoms with E-state index < -0.39 is 0 Å². The number of fused-ring (bicyclic) bond motifs is 1. The van der Waals surface area contributed by atoms with Crippen LogP contribution >= 0.6 is 0 Å². The zero-order valence-electron chi connectivity index (χ0n) is 12.7. The first-order valence-corrected chi connectivity index (χ1v) is 7.33. The Balaban J connectivity index is 1.70. The number of nitrogens with zero attached hydrogens (tertiary/aromatic N) is 2. The van der Waals surface area contributed by atoms with Crippen molar-refractivity contribution in [3.63, 3.8) is 0 Å². The molecule has 0 bridgehead atoms. The fourth-order valence-electron chi connectivity index (χ4n) is 2.59. The molecule has 0 aromatic carbocycles. The Hall–Kier alpha value is -2.04. The van der Waals surface area contributed by atoms with Crippen LogP contribution in [0.2, 0.25) is 0 Å². The van der Waals surface area contributed by atoms with Gasteiger partial charge in [-0.3, -0.25) is 4.79 Å². The molecule has 21 heavy (non-hydrogen) atoms. The molecule has 0 radical (unpaired) electrons. The van der Waals surface area contributed by atoms with E-state index in [4.69, 9.17) is 9.40 Å². The number of aryl methyl sites for hydroxylation is 1. The van der Waals surface area contributed by atoms with Gasteiger partial charge in [-0.2, -0.15) is 0 Å². The van der Waals surface area contributed by atoms with Crippen molar-refractivity contribution >= 4 is 5.91 Å². The molecule has 1 aliphatic heterocycles. The van der Waals surface area contributed by atoms with Gasteiger partial charge >= 0.3 is 0 Å². The topological polar surface area (TPSA) is 60.1 Å². The summed E-state index contributed by atoms with van der Waals surface area (Å²) >= 11 is 0. The number of rotatable bonds is 2. The van der Waals surface area contributed by atoms with Gasteiger partial charge in [0.2, 0.25) is 0 Å². The normalized spacial score (nSPS) is 18.3. The molecule has 1 unspecified atom stereocenters. The van der Waals surface area contributed by atoms with E-state index in [2.05, 4.69) is 36.9 Å². The van der Waals surface area contributed by atoms with Crippen LogP contribution in [-0.2, 0) is 18.4 Å². The monoisotopic (exact) mass is 287 g/mol. The Labute approximate surface area is 124 Å². The summed E-state index contributed by atoms with van der Waals surface area (Å²) in [5, 5.41) is 3.06. The Morgan fingerprint density at radius 3 is 2.95 bits per heavy atom. The highest BCUT2D eigenvalue weighted by Crippen LogP contribution is 2.24. The summed E-state index contributed by atoms with van der Waals surface area (Å²) in [6.07, 6.45) is 6.92. The van der Waals surface area contributed by atoms with E-state index >= 15 is 0 Å². The second kappa shape index (κ2) is 5.06. The highest BCUT2D eigenvalue weighted by atomic mass is 16.3. The van der Waals surface area contributed by atoms with Crippen LogP contribution in [0.4, 0.5) is 0 Å². The predicted octanol–water partition coefficient (Wildman–Crippen LogP) is 2.52. The van der Waals surface area contributed by atoms with Crippen LogP contribution in [-0.4, -0.2) is 21.5 Å². The van der Waals surface area contributed by atoms with Crippen LogP contribution in [0.25, 0.3) is 0 Å². The van der Waals surface area contributed by atoms with E-state index in [-0.39, 0.29) is 17.4 Å². The Bertz CT molecular complexity index is 635. The molecule has 2 aromatic heterocycles. The van der Waals surface area contributed by atoms with Gasteiger partial charge in [0, 0.05) is 30.6 Å². The summed E-state index contributed by atoms with van der Waals surface area (Å²) in [6, 6.07) is 1.82. The molecule has 1 N–H and O–H groups in total.